The summed E-state index contributed by atoms with van der Waals surface area (Å²) in [6.07, 6.45) is 1.38. The maximum atomic E-state index is 11.0. The lowest BCUT2D eigenvalue weighted by Gasteiger charge is -2.11. The Morgan fingerprint density at radius 1 is 1.63 bits per heavy atom. The van der Waals surface area contributed by atoms with Gasteiger partial charge in [-0.1, -0.05) is 24.6 Å². The van der Waals surface area contributed by atoms with Crippen molar-refractivity contribution < 1.29 is 14.4 Å². The van der Waals surface area contributed by atoms with Crippen molar-refractivity contribution in [3.05, 3.63) is 23.3 Å². The van der Waals surface area contributed by atoms with Gasteiger partial charge in [0.25, 0.3) is 5.89 Å². The molecule has 2 rings (SSSR count). The number of nitrogens with one attached hydrogen (secondary N) is 1. The number of carbonyl (C=O) groups is 1. The highest BCUT2D eigenvalue weighted by Gasteiger charge is 2.17. The minimum atomic E-state index is -0.858. The average molecular weight is 281 g/mol. The van der Waals surface area contributed by atoms with Crippen LogP contribution in [0.2, 0.25) is 0 Å². The van der Waals surface area contributed by atoms with Gasteiger partial charge in [0.1, 0.15) is 6.04 Å². The Bertz CT molecular complexity index is 524. The van der Waals surface area contributed by atoms with E-state index in [-0.39, 0.29) is 6.54 Å². The first-order chi connectivity index (χ1) is 9.20. The van der Waals surface area contributed by atoms with E-state index in [4.69, 9.17) is 9.63 Å². The molecule has 0 saturated carbocycles. The molecule has 0 aliphatic heterocycles. The molecule has 0 aliphatic rings. The van der Waals surface area contributed by atoms with Crippen LogP contribution < -0.4 is 5.32 Å². The van der Waals surface area contributed by atoms with Crippen LogP contribution in [0.4, 0.5) is 0 Å². The molecule has 0 aliphatic carbocycles. The monoisotopic (exact) mass is 281 g/mol. The summed E-state index contributed by atoms with van der Waals surface area (Å²) in [6.45, 7) is 2.23. The van der Waals surface area contributed by atoms with Gasteiger partial charge in [-0.3, -0.25) is 10.1 Å². The Balaban J connectivity index is 1.95. The van der Waals surface area contributed by atoms with Gasteiger partial charge in [0, 0.05) is 0 Å². The highest BCUT2D eigenvalue weighted by Crippen LogP contribution is 2.22. The summed E-state index contributed by atoms with van der Waals surface area (Å²) in [5, 5.41) is 17.7. The molecule has 19 heavy (non-hydrogen) atoms. The summed E-state index contributed by atoms with van der Waals surface area (Å²) < 4.78 is 5.12. The second kappa shape index (κ2) is 6.44. The number of aliphatic carboxylic acids is 1. The molecule has 0 bridgehead atoms. The van der Waals surface area contributed by atoms with Crippen LogP contribution in [0.1, 0.15) is 25.6 Å². The molecule has 1 unspecified atom stereocenters. The number of hydrogen-bond acceptors (Lipinski definition) is 6. The van der Waals surface area contributed by atoms with Crippen molar-refractivity contribution in [3.63, 3.8) is 0 Å². The van der Waals surface area contributed by atoms with Crippen LogP contribution in [0.5, 0.6) is 0 Å². The zero-order chi connectivity index (χ0) is 13.7. The molecule has 0 aromatic carbocycles. The van der Waals surface area contributed by atoms with Crippen molar-refractivity contribution in [2.24, 2.45) is 0 Å². The molecular weight excluding hydrogens is 266 g/mol. The van der Waals surface area contributed by atoms with Gasteiger partial charge in [0.05, 0.1) is 11.4 Å². The molecular formula is C12H15N3O3S. The first-order valence-corrected chi connectivity index (χ1v) is 6.91. The summed E-state index contributed by atoms with van der Waals surface area (Å²) in [5.74, 6) is 0.0729. The third-order valence-corrected chi connectivity index (χ3v) is 3.44. The molecule has 7 heteroatoms. The number of aromatic nitrogens is 2. The van der Waals surface area contributed by atoms with Crippen LogP contribution >= 0.6 is 11.3 Å². The Morgan fingerprint density at radius 2 is 2.47 bits per heavy atom. The molecule has 0 spiro atoms. The van der Waals surface area contributed by atoms with Crippen LogP contribution in [0.3, 0.4) is 0 Å². The highest BCUT2D eigenvalue weighted by atomic mass is 32.1. The summed E-state index contributed by atoms with van der Waals surface area (Å²) in [6, 6.07) is 3.23. The van der Waals surface area contributed by atoms with Crippen molar-refractivity contribution in [2.75, 3.05) is 0 Å². The zero-order valence-corrected chi connectivity index (χ0v) is 11.3. The number of rotatable bonds is 7. The van der Waals surface area contributed by atoms with E-state index < -0.39 is 12.0 Å². The molecule has 0 amide bonds. The van der Waals surface area contributed by atoms with Crippen LogP contribution in [0, 0.1) is 0 Å². The Labute approximate surface area is 114 Å². The Morgan fingerprint density at radius 3 is 3.11 bits per heavy atom. The highest BCUT2D eigenvalue weighted by molar-refractivity contribution is 7.13. The minimum absolute atomic E-state index is 0.284. The Kier molecular flexibility index (Phi) is 4.64. The van der Waals surface area contributed by atoms with Crippen molar-refractivity contribution in [1.29, 1.82) is 0 Å². The summed E-state index contributed by atoms with van der Waals surface area (Å²) in [5.41, 5.74) is 0. The van der Waals surface area contributed by atoms with Gasteiger partial charge in [-0.25, -0.2) is 0 Å². The molecule has 2 aromatic rings. The maximum Gasteiger partial charge on any atom is 0.320 e. The standard InChI is InChI=1S/C12H15N3O3S/c1-2-4-8(12(16)17)13-7-10-14-11(18-15-10)9-5-3-6-19-9/h3,5-6,8,13H,2,4,7H2,1H3,(H,16,17). The summed E-state index contributed by atoms with van der Waals surface area (Å²) in [4.78, 5) is 16.1. The third kappa shape index (κ3) is 3.62. The molecule has 2 heterocycles. The van der Waals surface area contributed by atoms with Gasteiger partial charge in [0.15, 0.2) is 5.82 Å². The molecule has 0 saturated heterocycles. The predicted octanol–water partition coefficient (Wildman–Crippen LogP) is 2.14. The number of thiophene rings is 1. The van der Waals surface area contributed by atoms with Crippen LogP contribution in [-0.4, -0.2) is 27.3 Å². The molecule has 1 atom stereocenters. The quantitative estimate of drug-likeness (QED) is 0.808. The van der Waals surface area contributed by atoms with E-state index in [9.17, 15) is 4.79 Å². The second-order valence-electron chi connectivity index (χ2n) is 4.05. The molecule has 6 nitrogen and oxygen atoms in total. The van der Waals surface area contributed by atoms with Crippen molar-refractivity contribution in [3.8, 4) is 10.8 Å². The SMILES string of the molecule is CCCC(NCc1noc(-c2cccs2)n1)C(=O)O. The number of carboxylic acid groups (broad SMARTS) is 1. The van der Waals surface area contributed by atoms with E-state index in [1.807, 2.05) is 24.4 Å². The van der Waals surface area contributed by atoms with Crippen molar-refractivity contribution in [1.82, 2.24) is 15.5 Å². The van der Waals surface area contributed by atoms with E-state index in [1.54, 1.807) is 0 Å². The first kappa shape index (κ1) is 13.7. The van der Waals surface area contributed by atoms with E-state index >= 15 is 0 Å². The normalized spacial score (nSPS) is 12.5. The van der Waals surface area contributed by atoms with E-state index in [2.05, 4.69) is 15.5 Å². The van der Waals surface area contributed by atoms with Gasteiger partial charge in [-0.2, -0.15) is 4.98 Å². The summed E-state index contributed by atoms with van der Waals surface area (Å²) in [7, 11) is 0. The maximum absolute atomic E-state index is 11.0. The molecule has 0 fully saturated rings. The fourth-order valence-corrected chi connectivity index (χ4v) is 2.29. The van der Waals surface area contributed by atoms with Gasteiger partial charge < -0.3 is 9.63 Å². The van der Waals surface area contributed by atoms with Crippen molar-refractivity contribution in [2.45, 2.75) is 32.4 Å². The van der Waals surface area contributed by atoms with E-state index in [0.717, 1.165) is 11.3 Å². The van der Waals surface area contributed by atoms with Gasteiger partial charge in [-0.05, 0) is 17.9 Å². The number of hydrogen-bond donors (Lipinski definition) is 2. The fraction of sp³-hybridized carbons (Fsp3) is 0.417. The van der Waals surface area contributed by atoms with Crippen LogP contribution in [0.25, 0.3) is 10.8 Å². The minimum Gasteiger partial charge on any atom is -0.480 e. The van der Waals surface area contributed by atoms with Crippen LogP contribution in [-0.2, 0) is 11.3 Å². The van der Waals surface area contributed by atoms with E-state index in [0.29, 0.717) is 18.1 Å². The number of carboxylic acids is 1. The lowest BCUT2D eigenvalue weighted by molar-refractivity contribution is -0.139. The molecule has 2 aromatic heterocycles. The number of nitrogens with zero attached hydrogens (tertiary/aromatic N) is 2. The van der Waals surface area contributed by atoms with Gasteiger partial charge in [0.2, 0.25) is 0 Å². The molecule has 102 valence electrons. The van der Waals surface area contributed by atoms with Crippen LogP contribution in [0.15, 0.2) is 22.0 Å². The average Bonchev–Trinajstić information content (AvgIpc) is 3.04. The fourth-order valence-electron chi connectivity index (χ4n) is 1.64. The molecule has 0 radical (unpaired) electrons. The third-order valence-electron chi connectivity index (χ3n) is 2.58. The summed E-state index contributed by atoms with van der Waals surface area (Å²) >= 11 is 1.52. The van der Waals surface area contributed by atoms with Gasteiger partial charge in [-0.15, -0.1) is 11.3 Å². The second-order valence-corrected chi connectivity index (χ2v) is 5.00. The lowest BCUT2D eigenvalue weighted by atomic mass is 10.2. The largest absolute Gasteiger partial charge is 0.480 e. The topological polar surface area (TPSA) is 88.3 Å². The van der Waals surface area contributed by atoms with Crippen molar-refractivity contribution >= 4 is 17.3 Å². The zero-order valence-electron chi connectivity index (χ0n) is 10.5. The van der Waals surface area contributed by atoms with E-state index in [1.165, 1.54) is 11.3 Å². The Hall–Kier alpha value is -1.73. The smallest absolute Gasteiger partial charge is 0.320 e. The predicted molar refractivity (Wildman–Crippen MR) is 70.8 cm³/mol. The first-order valence-electron chi connectivity index (χ1n) is 6.03. The lowest BCUT2D eigenvalue weighted by Crippen LogP contribution is -2.36. The van der Waals surface area contributed by atoms with Gasteiger partial charge >= 0.3 is 5.97 Å². The molecule has 2 N–H and O–H groups in total.